The van der Waals surface area contributed by atoms with Crippen molar-refractivity contribution in [3.63, 3.8) is 0 Å². The van der Waals surface area contributed by atoms with Gasteiger partial charge >= 0.3 is 0 Å². The summed E-state index contributed by atoms with van der Waals surface area (Å²) >= 11 is 0. The zero-order valence-electron chi connectivity index (χ0n) is 22.2. The Morgan fingerprint density at radius 1 is 0.412 bits per heavy atom. The first-order valence-corrected chi connectivity index (χ1v) is 14.2. The van der Waals surface area contributed by atoms with Crippen LogP contribution in [0.5, 0.6) is 11.5 Å². The molecule has 0 N–H and O–H groups in total. The molecule has 2 aromatic carbocycles. The van der Waals surface area contributed by atoms with Crippen molar-refractivity contribution in [2.24, 2.45) is 0 Å². The van der Waals surface area contributed by atoms with Crippen LogP contribution in [-0.2, 0) is 12.8 Å². The maximum atomic E-state index is 5.92. The van der Waals surface area contributed by atoms with Gasteiger partial charge in [0.25, 0.3) is 0 Å². The lowest BCUT2D eigenvalue weighted by Crippen LogP contribution is -1.98. The number of aryl methyl sites for hydroxylation is 2. The first-order chi connectivity index (χ1) is 16.8. The Bertz CT molecular complexity index is 641. The number of hydrogen-bond acceptors (Lipinski definition) is 2. The second kappa shape index (κ2) is 19.4. The van der Waals surface area contributed by atoms with Crippen molar-refractivity contribution in [2.75, 3.05) is 13.2 Å². The number of rotatable bonds is 21. The fourth-order valence-corrected chi connectivity index (χ4v) is 4.29. The standard InChI is InChI=1S/C32H50O2/c1-3-5-7-9-11-13-15-27-33-31-23-19-29(20-24-31)17-18-30-21-25-32(26-22-30)34-28-16-14-12-10-8-6-4-2/h19-26H,3-18,27-28H2,1-2H3. The molecule has 0 spiro atoms. The van der Waals surface area contributed by atoms with Gasteiger partial charge in [0.2, 0.25) is 0 Å². The van der Waals surface area contributed by atoms with Gasteiger partial charge in [-0.15, -0.1) is 0 Å². The van der Waals surface area contributed by atoms with Crippen LogP contribution in [-0.4, -0.2) is 13.2 Å². The molecule has 2 heteroatoms. The van der Waals surface area contributed by atoms with Crippen molar-refractivity contribution in [1.29, 1.82) is 0 Å². The van der Waals surface area contributed by atoms with Gasteiger partial charge in [-0.3, -0.25) is 0 Å². The predicted molar refractivity (Wildman–Crippen MR) is 147 cm³/mol. The minimum absolute atomic E-state index is 0.834. The molecule has 0 aliphatic carbocycles. The molecule has 0 bridgehead atoms. The fourth-order valence-electron chi connectivity index (χ4n) is 4.29. The van der Waals surface area contributed by atoms with Crippen LogP contribution in [0.1, 0.15) is 115 Å². The normalized spacial score (nSPS) is 11.0. The molecule has 2 rings (SSSR count). The molecule has 0 heterocycles. The lowest BCUT2D eigenvalue weighted by Gasteiger charge is -2.09. The zero-order chi connectivity index (χ0) is 24.1. The molecule has 190 valence electrons. The Morgan fingerprint density at radius 2 is 0.735 bits per heavy atom. The molecule has 0 saturated heterocycles. The van der Waals surface area contributed by atoms with Crippen LogP contribution in [0.25, 0.3) is 0 Å². The van der Waals surface area contributed by atoms with Gasteiger partial charge in [-0.25, -0.2) is 0 Å². The highest BCUT2D eigenvalue weighted by Crippen LogP contribution is 2.18. The van der Waals surface area contributed by atoms with Gasteiger partial charge in [0.15, 0.2) is 0 Å². The number of unbranched alkanes of at least 4 members (excludes halogenated alkanes) is 12. The highest BCUT2D eigenvalue weighted by molar-refractivity contribution is 5.30. The molecule has 0 radical (unpaired) electrons. The van der Waals surface area contributed by atoms with E-state index in [1.165, 1.54) is 88.2 Å². The fraction of sp³-hybridized carbons (Fsp3) is 0.625. The third kappa shape index (κ3) is 13.7. The van der Waals surface area contributed by atoms with E-state index in [1.54, 1.807) is 0 Å². The molecule has 34 heavy (non-hydrogen) atoms. The van der Waals surface area contributed by atoms with Crippen molar-refractivity contribution >= 4 is 0 Å². The summed E-state index contributed by atoms with van der Waals surface area (Å²) in [6, 6.07) is 17.3. The maximum absolute atomic E-state index is 5.92. The van der Waals surface area contributed by atoms with Gasteiger partial charge in [-0.05, 0) is 61.1 Å². The van der Waals surface area contributed by atoms with Gasteiger partial charge in [-0.2, -0.15) is 0 Å². The minimum atomic E-state index is 0.834. The van der Waals surface area contributed by atoms with E-state index < -0.39 is 0 Å². The average Bonchev–Trinajstić information content (AvgIpc) is 2.87. The summed E-state index contributed by atoms with van der Waals surface area (Å²) in [6.07, 6.45) is 20.6. The molecule has 0 fully saturated rings. The summed E-state index contributed by atoms with van der Waals surface area (Å²) in [5, 5.41) is 0. The van der Waals surface area contributed by atoms with Gasteiger partial charge in [0.1, 0.15) is 11.5 Å². The van der Waals surface area contributed by atoms with E-state index in [0.717, 1.165) is 50.4 Å². The monoisotopic (exact) mass is 466 g/mol. The third-order valence-corrected chi connectivity index (χ3v) is 6.58. The van der Waals surface area contributed by atoms with Gasteiger partial charge in [-0.1, -0.05) is 115 Å². The van der Waals surface area contributed by atoms with Crippen LogP contribution >= 0.6 is 0 Å². The first kappa shape index (κ1) is 28.3. The summed E-state index contributed by atoms with van der Waals surface area (Å²) in [5.41, 5.74) is 2.73. The second-order valence-corrected chi connectivity index (χ2v) is 9.73. The van der Waals surface area contributed by atoms with E-state index in [-0.39, 0.29) is 0 Å². The predicted octanol–water partition coefficient (Wildman–Crippen LogP) is 9.73. The van der Waals surface area contributed by atoms with E-state index in [2.05, 4.69) is 62.4 Å². The Labute approximate surface area is 210 Å². The Balaban J connectivity index is 1.54. The summed E-state index contributed by atoms with van der Waals surface area (Å²) in [7, 11) is 0. The molecule has 0 atom stereocenters. The van der Waals surface area contributed by atoms with Crippen LogP contribution in [0.3, 0.4) is 0 Å². The Hall–Kier alpha value is -1.96. The molecule has 2 nitrogen and oxygen atoms in total. The SMILES string of the molecule is CCCCCCCCCOc1ccc(CCc2ccc(OCCCCCCCCC)cc2)cc1. The average molecular weight is 467 g/mol. The summed E-state index contributed by atoms with van der Waals surface area (Å²) < 4.78 is 11.8. The lowest BCUT2D eigenvalue weighted by atomic mass is 10.0. The maximum Gasteiger partial charge on any atom is 0.119 e. The molecule has 0 unspecified atom stereocenters. The summed E-state index contributed by atoms with van der Waals surface area (Å²) in [4.78, 5) is 0. The molecule has 0 amide bonds. The lowest BCUT2D eigenvalue weighted by molar-refractivity contribution is 0.304. The Morgan fingerprint density at radius 3 is 1.09 bits per heavy atom. The molecular formula is C32H50O2. The van der Waals surface area contributed by atoms with Gasteiger partial charge in [0, 0.05) is 0 Å². The van der Waals surface area contributed by atoms with Gasteiger partial charge in [0.05, 0.1) is 13.2 Å². The topological polar surface area (TPSA) is 18.5 Å². The zero-order valence-corrected chi connectivity index (χ0v) is 22.2. The highest BCUT2D eigenvalue weighted by atomic mass is 16.5. The second-order valence-electron chi connectivity index (χ2n) is 9.73. The van der Waals surface area contributed by atoms with Crippen molar-refractivity contribution in [2.45, 2.75) is 117 Å². The molecule has 0 aliphatic rings. The quantitative estimate of drug-likeness (QED) is 0.170. The largest absolute Gasteiger partial charge is 0.494 e. The first-order valence-electron chi connectivity index (χ1n) is 14.2. The number of ether oxygens (including phenoxy) is 2. The van der Waals surface area contributed by atoms with E-state index in [0.29, 0.717) is 0 Å². The van der Waals surface area contributed by atoms with Crippen LogP contribution in [0.4, 0.5) is 0 Å². The smallest absolute Gasteiger partial charge is 0.119 e. The van der Waals surface area contributed by atoms with Crippen LogP contribution in [0.2, 0.25) is 0 Å². The van der Waals surface area contributed by atoms with E-state index in [4.69, 9.17) is 9.47 Å². The van der Waals surface area contributed by atoms with Crippen molar-refractivity contribution in [1.82, 2.24) is 0 Å². The van der Waals surface area contributed by atoms with Gasteiger partial charge < -0.3 is 9.47 Å². The molecule has 0 aliphatic heterocycles. The van der Waals surface area contributed by atoms with Crippen LogP contribution < -0.4 is 9.47 Å². The van der Waals surface area contributed by atoms with Crippen LogP contribution in [0, 0.1) is 0 Å². The van der Waals surface area contributed by atoms with Crippen LogP contribution in [0.15, 0.2) is 48.5 Å². The van der Waals surface area contributed by atoms with Crippen molar-refractivity contribution in [3.05, 3.63) is 59.7 Å². The molecule has 2 aromatic rings. The summed E-state index contributed by atoms with van der Waals surface area (Å²) in [5.74, 6) is 1.99. The number of hydrogen-bond donors (Lipinski definition) is 0. The van der Waals surface area contributed by atoms with E-state index in [1.807, 2.05) is 0 Å². The molecule has 0 saturated carbocycles. The number of benzene rings is 2. The molecule has 0 aromatic heterocycles. The van der Waals surface area contributed by atoms with Crippen molar-refractivity contribution < 1.29 is 9.47 Å². The summed E-state index contributed by atoms with van der Waals surface area (Å²) in [6.45, 7) is 6.20. The van der Waals surface area contributed by atoms with Crippen molar-refractivity contribution in [3.8, 4) is 11.5 Å². The van der Waals surface area contributed by atoms with E-state index in [9.17, 15) is 0 Å². The highest BCUT2D eigenvalue weighted by Gasteiger charge is 2.00. The minimum Gasteiger partial charge on any atom is -0.494 e. The molecular weight excluding hydrogens is 416 g/mol. The Kier molecular flexibility index (Phi) is 16.1. The third-order valence-electron chi connectivity index (χ3n) is 6.58. The van der Waals surface area contributed by atoms with E-state index >= 15 is 0 Å².